The van der Waals surface area contributed by atoms with Gasteiger partial charge in [0.25, 0.3) is 0 Å². The predicted molar refractivity (Wildman–Crippen MR) is 104 cm³/mol. The van der Waals surface area contributed by atoms with Crippen LogP contribution < -0.4 is 5.32 Å². The fourth-order valence-electron chi connectivity index (χ4n) is 3.44. The van der Waals surface area contributed by atoms with Crippen molar-refractivity contribution in [1.82, 2.24) is 5.32 Å². The number of fused-ring (bicyclic) bond motifs is 3. The van der Waals surface area contributed by atoms with Crippen LogP contribution in [0.2, 0.25) is 0 Å². The molecular formula is C22H25NO6. The summed E-state index contributed by atoms with van der Waals surface area (Å²) in [4.78, 5) is 12.5. The molecule has 0 unspecified atom stereocenters. The first-order valence-corrected chi connectivity index (χ1v) is 9.62. The molecular weight excluding hydrogens is 374 g/mol. The van der Waals surface area contributed by atoms with Gasteiger partial charge in [-0.1, -0.05) is 67.6 Å². The first kappa shape index (κ1) is 19.8. The van der Waals surface area contributed by atoms with Crippen LogP contribution in [0.1, 0.15) is 24.2 Å². The van der Waals surface area contributed by atoms with Gasteiger partial charge in [-0.2, -0.15) is 0 Å². The predicted octanol–water partition coefficient (Wildman–Crippen LogP) is 2.75. The highest BCUT2D eigenvalue weighted by Gasteiger charge is 2.57. The van der Waals surface area contributed by atoms with Crippen molar-refractivity contribution in [2.75, 3.05) is 19.8 Å². The van der Waals surface area contributed by atoms with E-state index in [1.807, 2.05) is 55.5 Å². The number of nitrogens with one attached hydrogen (secondary N) is 1. The number of rotatable bonds is 6. The van der Waals surface area contributed by atoms with Gasteiger partial charge in [0.1, 0.15) is 18.8 Å². The Morgan fingerprint density at radius 2 is 1.59 bits per heavy atom. The summed E-state index contributed by atoms with van der Waals surface area (Å²) in [5.41, 5.74) is 1.22. The molecule has 154 valence electrons. The maximum atomic E-state index is 12.5. The maximum Gasteiger partial charge on any atom is 0.408 e. The molecule has 2 N–H and O–H groups in total. The molecule has 2 atom stereocenters. The van der Waals surface area contributed by atoms with E-state index in [9.17, 15) is 9.90 Å². The number of carbonyl (C=O) groups excluding carboxylic acids is 1. The van der Waals surface area contributed by atoms with Gasteiger partial charge in [-0.15, -0.1) is 0 Å². The lowest BCUT2D eigenvalue weighted by Gasteiger charge is -2.53. The zero-order valence-electron chi connectivity index (χ0n) is 16.2. The summed E-state index contributed by atoms with van der Waals surface area (Å²) in [5.74, 6) is -1.57. The van der Waals surface area contributed by atoms with Gasteiger partial charge in [0.05, 0.1) is 19.8 Å². The average Bonchev–Trinajstić information content (AvgIpc) is 2.78. The van der Waals surface area contributed by atoms with E-state index in [0.29, 0.717) is 25.4 Å². The van der Waals surface area contributed by atoms with Gasteiger partial charge >= 0.3 is 12.1 Å². The Morgan fingerprint density at radius 3 is 2.17 bits per heavy atom. The highest BCUT2D eigenvalue weighted by molar-refractivity contribution is 5.68. The van der Waals surface area contributed by atoms with E-state index in [-0.39, 0.29) is 12.0 Å². The standard InChI is InChI=1S/C22H25NO6/c1-21-13-27-22(28-14-21,29-15-21)19(18(24)17-10-6-3-7-11-17)23-20(25)26-12-16-8-4-2-5-9-16/h2-11,18-19,24H,12-15H2,1H3,(H,23,25)/t18-,19+,21?,22?/m1/s1. The summed E-state index contributed by atoms with van der Waals surface area (Å²) in [5, 5.41) is 13.7. The average molecular weight is 399 g/mol. The molecule has 0 radical (unpaired) electrons. The third-order valence-electron chi connectivity index (χ3n) is 5.19. The number of hydrogen-bond donors (Lipinski definition) is 2. The summed E-state index contributed by atoms with van der Waals surface area (Å²) in [6.45, 7) is 3.33. The van der Waals surface area contributed by atoms with Crippen LogP contribution in [0.4, 0.5) is 4.79 Å². The van der Waals surface area contributed by atoms with E-state index in [1.54, 1.807) is 12.1 Å². The Kier molecular flexibility index (Phi) is 5.56. The lowest BCUT2D eigenvalue weighted by atomic mass is 9.90. The smallest absolute Gasteiger partial charge is 0.408 e. The van der Waals surface area contributed by atoms with Crippen LogP contribution in [0.25, 0.3) is 0 Å². The highest BCUT2D eigenvalue weighted by atomic mass is 16.9. The first-order valence-electron chi connectivity index (χ1n) is 9.62. The molecule has 29 heavy (non-hydrogen) atoms. The Morgan fingerprint density at radius 1 is 1.03 bits per heavy atom. The molecule has 3 fully saturated rings. The summed E-state index contributed by atoms with van der Waals surface area (Å²) in [6.07, 6.45) is -1.82. The molecule has 7 heteroatoms. The third kappa shape index (κ3) is 4.28. The van der Waals surface area contributed by atoms with Gasteiger partial charge in [-0.3, -0.25) is 0 Å². The van der Waals surface area contributed by atoms with Crippen molar-refractivity contribution in [1.29, 1.82) is 0 Å². The minimum absolute atomic E-state index is 0.106. The Bertz CT molecular complexity index is 803. The summed E-state index contributed by atoms with van der Waals surface area (Å²) in [7, 11) is 0. The van der Waals surface area contributed by atoms with Crippen molar-refractivity contribution < 1.29 is 28.8 Å². The molecule has 2 bridgehead atoms. The highest BCUT2D eigenvalue weighted by Crippen LogP contribution is 2.42. The van der Waals surface area contributed by atoms with Crippen molar-refractivity contribution in [2.45, 2.75) is 31.6 Å². The number of aliphatic hydroxyl groups excluding tert-OH is 1. The Balaban J connectivity index is 1.51. The van der Waals surface area contributed by atoms with Crippen molar-refractivity contribution in [3.8, 4) is 0 Å². The molecule has 7 nitrogen and oxygen atoms in total. The largest absolute Gasteiger partial charge is 0.445 e. The number of benzene rings is 2. The van der Waals surface area contributed by atoms with Gasteiger partial charge < -0.3 is 29.4 Å². The van der Waals surface area contributed by atoms with Crippen molar-refractivity contribution in [3.05, 3.63) is 71.8 Å². The van der Waals surface area contributed by atoms with E-state index < -0.39 is 24.2 Å². The number of aliphatic hydroxyl groups is 1. The second-order valence-corrected chi connectivity index (χ2v) is 7.82. The molecule has 0 aromatic heterocycles. The molecule has 5 rings (SSSR count). The van der Waals surface area contributed by atoms with Crippen LogP contribution in [0.3, 0.4) is 0 Å². The quantitative estimate of drug-likeness (QED) is 0.777. The zero-order chi connectivity index (χ0) is 20.3. The first-order chi connectivity index (χ1) is 14.0. The number of ether oxygens (including phenoxy) is 4. The molecule has 2 aromatic carbocycles. The number of carbonyl (C=O) groups is 1. The normalized spacial score (nSPS) is 27.8. The van der Waals surface area contributed by atoms with Crippen LogP contribution >= 0.6 is 0 Å². The molecule has 3 aliphatic rings. The summed E-state index contributed by atoms with van der Waals surface area (Å²) >= 11 is 0. The number of hydrogen-bond acceptors (Lipinski definition) is 6. The molecule has 3 saturated heterocycles. The molecule has 1 amide bonds. The molecule has 0 saturated carbocycles. The minimum Gasteiger partial charge on any atom is -0.445 e. The fraction of sp³-hybridized carbons (Fsp3) is 0.409. The SMILES string of the molecule is CC12COC([C@@H](NC(=O)OCc3ccccc3)[C@H](O)c3ccccc3)(OC1)OC2. The zero-order valence-corrected chi connectivity index (χ0v) is 16.2. The monoisotopic (exact) mass is 399 g/mol. The van der Waals surface area contributed by atoms with Crippen LogP contribution in [0.15, 0.2) is 60.7 Å². The Labute approximate surface area is 169 Å². The van der Waals surface area contributed by atoms with Gasteiger partial charge in [-0.25, -0.2) is 4.79 Å². The van der Waals surface area contributed by atoms with Crippen molar-refractivity contribution in [2.24, 2.45) is 5.41 Å². The summed E-state index contributed by atoms with van der Waals surface area (Å²) < 4.78 is 22.9. The van der Waals surface area contributed by atoms with E-state index >= 15 is 0 Å². The van der Waals surface area contributed by atoms with Crippen LogP contribution in [-0.2, 0) is 25.6 Å². The third-order valence-corrected chi connectivity index (χ3v) is 5.19. The van der Waals surface area contributed by atoms with Crippen molar-refractivity contribution >= 4 is 6.09 Å². The second-order valence-electron chi connectivity index (χ2n) is 7.82. The van der Waals surface area contributed by atoms with Crippen LogP contribution in [0.5, 0.6) is 0 Å². The van der Waals surface area contributed by atoms with Crippen molar-refractivity contribution in [3.63, 3.8) is 0 Å². The number of alkyl carbamates (subject to hydrolysis) is 1. The molecule has 2 aromatic rings. The Hall–Kier alpha value is -2.45. The van der Waals surface area contributed by atoms with Gasteiger partial charge in [-0.05, 0) is 11.1 Å². The lowest BCUT2D eigenvalue weighted by Crippen LogP contribution is -2.68. The van der Waals surface area contributed by atoms with Crippen LogP contribution in [0, 0.1) is 5.41 Å². The van der Waals surface area contributed by atoms with Crippen LogP contribution in [-0.4, -0.2) is 43.0 Å². The molecule has 0 aliphatic carbocycles. The number of amides is 1. The summed E-state index contributed by atoms with van der Waals surface area (Å²) in [6, 6.07) is 17.3. The molecule has 3 heterocycles. The lowest BCUT2D eigenvalue weighted by molar-refractivity contribution is -0.478. The van der Waals surface area contributed by atoms with E-state index in [4.69, 9.17) is 18.9 Å². The second kappa shape index (κ2) is 8.12. The van der Waals surface area contributed by atoms with E-state index in [2.05, 4.69) is 5.32 Å². The molecule has 3 aliphatic heterocycles. The van der Waals surface area contributed by atoms with Gasteiger partial charge in [0.2, 0.25) is 0 Å². The maximum absolute atomic E-state index is 12.5. The van der Waals surface area contributed by atoms with Gasteiger partial charge in [0.15, 0.2) is 0 Å². The van der Waals surface area contributed by atoms with Gasteiger partial charge in [0, 0.05) is 5.41 Å². The fourth-order valence-corrected chi connectivity index (χ4v) is 3.44. The van der Waals surface area contributed by atoms with E-state index in [1.165, 1.54) is 0 Å². The minimum atomic E-state index is -1.57. The van der Waals surface area contributed by atoms with E-state index in [0.717, 1.165) is 5.56 Å². The topological polar surface area (TPSA) is 86.3 Å². The molecule has 0 spiro atoms.